The molecule has 46 heavy (non-hydrogen) atoms. The molecular weight excluding hydrogens is 629 g/mol. The van der Waals surface area contributed by atoms with E-state index in [-0.39, 0.29) is 23.0 Å². The summed E-state index contributed by atoms with van der Waals surface area (Å²) in [6, 6.07) is 6.10. The minimum atomic E-state index is -6.10. The van der Waals surface area contributed by atoms with Gasteiger partial charge >= 0.3 is 12.1 Å². The number of ether oxygens (including phenoxy) is 2. The highest BCUT2D eigenvalue weighted by molar-refractivity contribution is 5.94. The van der Waals surface area contributed by atoms with Crippen LogP contribution in [0, 0.1) is 23.2 Å². The number of carbonyl (C=O) groups is 2. The number of aromatic nitrogens is 1. The fourth-order valence-corrected chi connectivity index (χ4v) is 6.05. The number of carbonyl (C=O) groups excluding carboxylic acids is 2. The number of nitrogens with one attached hydrogen (secondary N) is 1. The Morgan fingerprint density at radius 2 is 1.63 bits per heavy atom. The van der Waals surface area contributed by atoms with E-state index in [1.807, 2.05) is 6.07 Å². The van der Waals surface area contributed by atoms with Crippen LogP contribution in [0.5, 0.6) is 0 Å². The molecule has 9 nitrogen and oxygen atoms in total. The highest BCUT2D eigenvalue weighted by Crippen LogP contribution is 2.50. The lowest BCUT2D eigenvalue weighted by molar-refractivity contribution is -0.297. The first-order chi connectivity index (χ1) is 21.7. The van der Waals surface area contributed by atoms with Gasteiger partial charge in [0.1, 0.15) is 17.5 Å². The fraction of sp³-hybridized carbons (Fsp3) is 0.600. The molecule has 1 aromatic heterocycles. The third-order valence-corrected chi connectivity index (χ3v) is 8.65. The van der Waals surface area contributed by atoms with Gasteiger partial charge in [0, 0.05) is 56.2 Å². The number of hydrogen-bond donors (Lipinski definition) is 1. The normalized spacial score (nSPS) is 23.4. The quantitative estimate of drug-likeness (QED) is 0.394. The summed E-state index contributed by atoms with van der Waals surface area (Å²) in [5.41, 5.74) is -0.338. The molecule has 3 heterocycles. The van der Waals surface area contributed by atoms with Crippen LogP contribution in [0.1, 0.15) is 60.0 Å². The summed E-state index contributed by atoms with van der Waals surface area (Å²) in [7, 11) is 0. The summed E-state index contributed by atoms with van der Waals surface area (Å²) in [5.74, 6) is -16.2. The Hall–Kier alpha value is -3.71. The average molecular weight is 661 g/mol. The monoisotopic (exact) mass is 660 g/mol. The van der Waals surface area contributed by atoms with Crippen LogP contribution in [0.25, 0.3) is 11.3 Å². The summed E-state index contributed by atoms with van der Waals surface area (Å²) in [5, 5.41) is 12.2. The Bertz CT molecular complexity index is 1440. The number of morpholine rings is 1. The minimum Gasteiger partial charge on any atom is -0.439 e. The molecule has 3 aliphatic rings. The highest BCUT2D eigenvalue weighted by atomic mass is 19.4. The maximum atomic E-state index is 14.7. The Balaban J connectivity index is 1.51. The number of nitrogens with zero attached hydrogens (tertiary/aromatic N) is 3. The first kappa shape index (κ1) is 33.6. The molecule has 250 valence electrons. The zero-order chi connectivity index (χ0) is 33.3. The number of hydrogen-bond acceptors (Lipinski definition) is 7. The molecule has 2 amide bonds. The zero-order valence-corrected chi connectivity index (χ0v) is 24.4. The van der Waals surface area contributed by atoms with Crippen LogP contribution in [0.4, 0.5) is 30.7 Å². The van der Waals surface area contributed by atoms with Gasteiger partial charge in [0.2, 0.25) is 11.8 Å². The standard InChI is InChI=1S/C30H31F7N4O5/c31-28(32)8-5-20(21(15-28)25(42)39-22(16-38)17-6-11-44-12-7-17)24-23(40-27(46-24)29(33,34)30(35,36)37)18-1-3-19(4-2-18)26(43)41-9-13-45-14-10-41/h1-4,17,20-22H,5-15H2,(H,39,42). The predicted octanol–water partition coefficient (Wildman–Crippen LogP) is 5.42. The lowest BCUT2D eigenvalue weighted by Crippen LogP contribution is -2.47. The highest BCUT2D eigenvalue weighted by Gasteiger charge is 2.63. The molecule has 1 aliphatic carbocycles. The van der Waals surface area contributed by atoms with Crippen molar-refractivity contribution in [1.82, 2.24) is 15.2 Å². The summed E-state index contributed by atoms with van der Waals surface area (Å²) in [4.78, 5) is 31.4. The van der Waals surface area contributed by atoms with Crippen LogP contribution in [-0.2, 0) is 20.2 Å². The van der Waals surface area contributed by atoms with Gasteiger partial charge in [0.25, 0.3) is 11.8 Å². The Labute approximate surface area is 259 Å². The van der Waals surface area contributed by atoms with E-state index >= 15 is 0 Å². The largest absolute Gasteiger partial charge is 0.463 e. The number of amides is 2. The maximum absolute atomic E-state index is 14.7. The number of oxazole rings is 1. The van der Waals surface area contributed by atoms with Crippen LogP contribution in [0.3, 0.4) is 0 Å². The van der Waals surface area contributed by atoms with E-state index in [1.54, 1.807) is 0 Å². The van der Waals surface area contributed by atoms with Gasteiger partial charge in [-0.3, -0.25) is 9.59 Å². The summed E-state index contributed by atoms with van der Waals surface area (Å²) in [6.07, 6.45) is -7.62. The molecule has 2 aliphatic heterocycles. The van der Waals surface area contributed by atoms with E-state index < -0.39 is 78.4 Å². The number of nitriles is 1. The van der Waals surface area contributed by atoms with Crippen molar-refractivity contribution in [3.8, 4) is 17.3 Å². The van der Waals surface area contributed by atoms with Crippen LogP contribution in [-0.4, -0.2) is 79.4 Å². The van der Waals surface area contributed by atoms with E-state index in [0.717, 1.165) is 0 Å². The third kappa shape index (κ3) is 7.00. The van der Waals surface area contributed by atoms with Crippen molar-refractivity contribution in [2.75, 3.05) is 39.5 Å². The van der Waals surface area contributed by atoms with Crippen molar-refractivity contribution in [2.24, 2.45) is 11.8 Å². The van der Waals surface area contributed by atoms with Crippen molar-refractivity contribution in [1.29, 1.82) is 5.26 Å². The first-order valence-corrected chi connectivity index (χ1v) is 14.8. The molecule has 16 heteroatoms. The maximum Gasteiger partial charge on any atom is 0.463 e. The molecule has 1 saturated carbocycles. The van der Waals surface area contributed by atoms with Crippen LogP contribution in [0.15, 0.2) is 28.7 Å². The van der Waals surface area contributed by atoms with Crippen LogP contribution in [0.2, 0.25) is 0 Å². The van der Waals surface area contributed by atoms with Crippen molar-refractivity contribution in [3.05, 3.63) is 41.5 Å². The minimum absolute atomic E-state index is 0.0323. The van der Waals surface area contributed by atoms with Crippen molar-refractivity contribution >= 4 is 11.8 Å². The van der Waals surface area contributed by atoms with Gasteiger partial charge in [0.15, 0.2) is 0 Å². The molecule has 2 aromatic rings. The topological polar surface area (TPSA) is 118 Å². The average Bonchev–Trinajstić information content (AvgIpc) is 3.49. The first-order valence-electron chi connectivity index (χ1n) is 14.8. The number of alkyl halides is 7. The second-order valence-electron chi connectivity index (χ2n) is 11.7. The predicted molar refractivity (Wildman–Crippen MR) is 145 cm³/mol. The Kier molecular flexibility index (Phi) is 9.65. The van der Waals surface area contributed by atoms with Gasteiger partial charge in [-0.05, 0) is 37.3 Å². The number of halogens is 7. The lowest BCUT2D eigenvalue weighted by Gasteiger charge is -2.35. The molecule has 0 spiro atoms. The zero-order valence-electron chi connectivity index (χ0n) is 24.4. The molecule has 5 rings (SSSR count). The van der Waals surface area contributed by atoms with Gasteiger partial charge in [-0.15, -0.1) is 0 Å². The summed E-state index contributed by atoms with van der Waals surface area (Å²) < 4.78 is 114. The van der Waals surface area contributed by atoms with Gasteiger partial charge in [0.05, 0.1) is 25.2 Å². The smallest absolute Gasteiger partial charge is 0.439 e. The molecule has 1 N–H and O–H groups in total. The molecule has 2 saturated heterocycles. The van der Waals surface area contributed by atoms with Crippen molar-refractivity contribution < 1.29 is 54.2 Å². The van der Waals surface area contributed by atoms with E-state index in [2.05, 4.69) is 10.3 Å². The lowest BCUT2D eigenvalue weighted by atomic mass is 9.74. The van der Waals surface area contributed by atoms with Crippen LogP contribution < -0.4 is 5.32 Å². The van der Waals surface area contributed by atoms with Crippen LogP contribution >= 0.6 is 0 Å². The van der Waals surface area contributed by atoms with Crippen molar-refractivity contribution in [3.63, 3.8) is 0 Å². The molecule has 0 radical (unpaired) electrons. The summed E-state index contributed by atoms with van der Waals surface area (Å²) >= 11 is 0. The molecule has 3 atom stereocenters. The SMILES string of the molecule is N#CC(NC(=O)C1CC(F)(F)CCC1c1oc(C(F)(F)C(F)(F)F)nc1-c1ccc(C(=O)N2CCOCC2)cc1)C1CCOCC1. The van der Waals surface area contributed by atoms with Gasteiger partial charge in [-0.2, -0.15) is 27.2 Å². The summed E-state index contributed by atoms with van der Waals surface area (Å²) in [6.45, 7) is 2.00. The molecule has 0 bridgehead atoms. The number of rotatable bonds is 7. The molecule has 1 aromatic carbocycles. The van der Waals surface area contributed by atoms with Gasteiger partial charge in [-0.1, -0.05) is 12.1 Å². The molecule has 3 unspecified atom stereocenters. The van der Waals surface area contributed by atoms with E-state index in [9.17, 15) is 45.6 Å². The third-order valence-electron chi connectivity index (χ3n) is 8.65. The Morgan fingerprint density at radius 3 is 2.24 bits per heavy atom. The fourth-order valence-electron chi connectivity index (χ4n) is 6.05. The van der Waals surface area contributed by atoms with Gasteiger partial charge < -0.3 is 24.1 Å². The van der Waals surface area contributed by atoms with Crippen molar-refractivity contribution in [2.45, 2.75) is 62.1 Å². The Morgan fingerprint density at radius 1 is 1.00 bits per heavy atom. The molecular formula is C30H31F7N4O5. The second-order valence-corrected chi connectivity index (χ2v) is 11.7. The van der Waals surface area contributed by atoms with Gasteiger partial charge in [-0.25, -0.2) is 13.8 Å². The number of benzene rings is 1. The second kappa shape index (κ2) is 13.2. The van der Waals surface area contributed by atoms with E-state index in [0.29, 0.717) is 52.4 Å². The molecule has 3 fully saturated rings. The van der Waals surface area contributed by atoms with E-state index in [1.165, 1.54) is 29.2 Å². The van der Waals surface area contributed by atoms with E-state index in [4.69, 9.17) is 13.9 Å².